The Bertz CT molecular complexity index is 1730. The van der Waals surface area contributed by atoms with Crippen LogP contribution in [0.5, 0.6) is 0 Å². The molecule has 0 saturated heterocycles. The average molecular weight is 593 g/mol. The van der Waals surface area contributed by atoms with Crippen molar-refractivity contribution in [3.8, 4) is 0 Å². The van der Waals surface area contributed by atoms with Crippen LogP contribution in [-0.2, 0) is 27.6 Å². The molecular formula is C26H23Cl2N3O5S2. The quantitative estimate of drug-likeness (QED) is 0.260. The van der Waals surface area contributed by atoms with Crippen molar-refractivity contribution in [1.29, 1.82) is 0 Å². The first-order valence-electron chi connectivity index (χ1n) is 11.8. The number of hydrogen-bond acceptors (Lipinski definition) is 7. The molecule has 2 atom stereocenters. The van der Waals surface area contributed by atoms with E-state index in [0.717, 1.165) is 24.8 Å². The minimum atomic E-state index is -3.99. The largest absolute Gasteiger partial charge is 0.451 e. The number of aromatic nitrogens is 2. The van der Waals surface area contributed by atoms with Crippen LogP contribution in [-0.4, -0.2) is 24.4 Å². The summed E-state index contributed by atoms with van der Waals surface area (Å²) in [5.41, 5.74) is 1.12. The fraction of sp³-hybridized carbons (Fsp3) is 0.269. The van der Waals surface area contributed by atoms with Gasteiger partial charge in [0.05, 0.1) is 25.9 Å². The molecule has 0 fully saturated rings. The number of benzene rings is 2. The zero-order valence-electron chi connectivity index (χ0n) is 20.4. The smallest absolute Gasteiger partial charge is 0.338 e. The van der Waals surface area contributed by atoms with Crippen LogP contribution in [0, 0.1) is 5.92 Å². The van der Waals surface area contributed by atoms with Crippen molar-refractivity contribution in [3.63, 3.8) is 0 Å². The van der Waals surface area contributed by atoms with Crippen LogP contribution in [0.25, 0.3) is 10.2 Å². The summed E-state index contributed by atoms with van der Waals surface area (Å²) in [6.45, 7) is 3.82. The van der Waals surface area contributed by atoms with E-state index >= 15 is 0 Å². The lowest BCUT2D eigenvalue weighted by molar-refractivity contribution is 0.0320. The van der Waals surface area contributed by atoms with Crippen molar-refractivity contribution < 1.29 is 17.9 Å². The van der Waals surface area contributed by atoms with Crippen molar-refractivity contribution in [2.45, 2.75) is 44.1 Å². The molecule has 2 aromatic heterocycles. The molecule has 0 unspecified atom stereocenters. The summed E-state index contributed by atoms with van der Waals surface area (Å²) >= 11 is 13.3. The number of esters is 1. The van der Waals surface area contributed by atoms with Gasteiger partial charge in [-0.3, -0.25) is 9.52 Å². The van der Waals surface area contributed by atoms with E-state index in [1.54, 1.807) is 6.92 Å². The molecule has 0 bridgehead atoms. The van der Waals surface area contributed by atoms with Crippen LogP contribution in [0.4, 0.5) is 5.69 Å². The Kier molecular flexibility index (Phi) is 7.25. The van der Waals surface area contributed by atoms with Gasteiger partial charge in [0.1, 0.15) is 4.83 Å². The summed E-state index contributed by atoms with van der Waals surface area (Å²) in [4.78, 5) is 34.9. The number of H-pyrrole nitrogens is 1. The number of carbonyl (C=O) groups excluding carboxylic acids is 1. The number of anilines is 1. The number of nitrogens with zero attached hydrogens (tertiary/aromatic N) is 1. The number of fused-ring (bicyclic) bond motifs is 3. The van der Waals surface area contributed by atoms with Crippen molar-refractivity contribution in [3.05, 3.63) is 84.7 Å². The van der Waals surface area contributed by atoms with Crippen LogP contribution in [0.15, 0.2) is 52.2 Å². The molecule has 0 spiro atoms. The van der Waals surface area contributed by atoms with E-state index in [1.807, 2.05) is 0 Å². The lowest BCUT2D eigenvalue weighted by Crippen LogP contribution is -2.18. The minimum absolute atomic E-state index is 0.0800. The van der Waals surface area contributed by atoms with Crippen LogP contribution in [0.1, 0.15) is 53.0 Å². The molecule has 12 heteroatoms. The molecule has 1 aliphatic carbocycles. The van der Waals surface area contributed by atoms with E-state index < -0.39 is 22.1 Å². The van der Waals surface area contributed by atoms with E-state index in [9.17, 15) is 18.0 Å². The van der Waals surface area contributed by atoms with Gasteiger partial charge in [-0.15, -0.1) is 11.3 Å². The number of rotatable bonds is 6. The molecule has 2 N–H and O–H groups in total. The maximum Gasteiger partial charge on any atom is 0.338 e. The van der Waals surface area contributed by atoms with Gasteiger partial charge >= 0.3 is 5.97 Å². The van der Waals surface area contributed by atoms with Crippen LogP contribution >= 0.6 is 34.5 Å². The first-order chi connectivity index (χ1) is 18.0. The number of thiophene rings is 1. The lowest BCUT2D eigenvalue weighted by Gasteiger charge is -2.17. The standard InChI is InChI=1S/C26H23Cl2N3O5S2/c1-13-6-8-18-21(10-13)37-25-22(18)24(32)29-23(30-25)14(2)36-26(33)15-4-3-5-16(11-15)31-38(34,35)17-7-9-19(27)20(28)12-17/h3-5,7,9,11-14,31H,6,8,10H2,1-2H3,(H,29,30,32)/t13-,14-/m0/s1. The van der Waals surface area contributed by atoms with Crippen molar-refractivity contribution in [2.24, 2.45) is 5.92 Å². The second-order valence-corrected chi connectivity index (χ2v) is 12.9. The van der Waals surface area contributed by atoms with E-state index in [0.29, 0.717) is 16.1 Å². The molecule has 198 valence electrons. The second-order valence-electron chi connectivity index (χ2n) is 9.29. The Hall–Kier alpha value is -2.92. The highest BCUT2D eigenvalue weighted by Crippen LogP contribution is 2.36. The lowest BCUT2D eigenvalue weighted by atomic mass is 9.89. The van der Waals surface area contributed by atoms with Gasteiger partial charge in [-0.2, -0.15) is 0 Å². The minimum Gasteiger partial charge on any atom is -0.451 e. The second kappa shape index (κ2) is 10.3. The highest BCUT2D eigenvalue weighted by atomic mass is 35.5. The Morgan fingerprint density at radius 2 is 2.00 bits per heavy atom. The van der Waals surface area contributed by atoms with Gasteiger partial charge in [-0.25, -0.2) is 18.2 Å². The van der Waals surface area contributed by atoms with Crippen LogP contribution in [0.3, 0.4) is 0 Å². The van der Waals surface area contributed by atoms with E-state index in [4.69, 9.17) is 27.9 Å². The maximum absolute atomic E-state index is 12.9. The Balaban J connectivity index is 1.34. The fourth-order valence-electron chi connectivity index (χ4n) is 4.41. The molecule has 0 saturated carbocycles. The zero-order chi connectivity index (χ0) is 27.2. The Morgan fingerprint density at radius 1 is 1.21 bits per heavy atom. The Morgan fingerprint density at radius 3 is 2.76 bits per heavy atom. The molecule has 1 aliphatic rings. The first kappa shape index (κ1) is 26.7. The highest BCUT2D eigenvalue weighted by molar-refractivity contribution is 7.92. The molecule has 5 rings (SSSR count). The zero-order valence-corrected chi connectivity index (χ0v) is 23.5. The maximum atomic E-state index is 12.9. The molecule has 4 aromatic rings. The molecule has 2 heterocycles. The average Bonchev–Trinajstić information content (AvgIpc) is 3.23. The Labute approximate surface area is 233 Å². The number of carbonyl (C=O) groups is 1. The predicted molar refractivity (Wildman–Crippen MR) is 149 cm³/mol. The fourth-order valence-corrected chi connectivity index (χ4v) is 7.24. The number of aryl methyl sites for hydroxylation is 1. The molecular weight excluding hydrogens is 569 g/mol. The van der Waals surface area contributed by atoms with E-state index in [-0.39, 0.29) is 37.6 Å². The van der Waals surface area contributed by atoms with Gasteiger partial charge < -0.3 is 9.72 Å². The van der Waals surface area contributed by atoms with E-state index in [2.05, 4.69) is 21.6 Å². The number of halogens is 2. The summed E-state index contributed by atoms with van der Waals surface area (Å²) in [5, 5.41) is 0.955. The molecule has 0 aliphatic heterocycles. The monoisotopic (exact) mass is 591 g/mol. The van der Waals surface area contributed by atoms with Gasteiger partial charge in [0, 0.05) is 10.6 Å². The molecule has 0 radical (unpaired) electrons. The number of hydrogen-bond donors (Lipinski definition) is 2. The van der Waals surface area contributed by atoms with Gasteiger partial charge in [0.15, 0.2) is 11.9 Å². The summed E-state index contributed by atoms with van der Waals surface area (Å²) < 4.78 is 33.5. The van der Waals surface area contributed by atoms with Crippen molar-refractivity contribution >= 4 is 66.4 Å². The SMILES string of the molecule is C[C@H]1CCc2c(sc3nc([C@H](C)OC(=O)c4cccc(NS(=O)(=O)c5ccc(Cl)c(Cl)c5)c4)[nH]c(=O)c23)C1. The summed E-state index contributed by atoms with van der Waals surface area (Å²) in [6, 6.07) is 9.83. The molecule has 2 aromatic carbocycles. The normalized spacial score (nSPS) is 16.2. The van der Waals surface area contributed by atoms with Crippen LogP contribution < -0.4 is 10.3 Å². The van der Waals surface area contributed by atoms with Gasteiger partial charge in [-0.05, 0) is 74.1 Å². The molecule has 8 nitrogen and oxygen atoms in total. The topological polar surface area (TPSA) is 118 Å². The first-order valence-corrected chi connectivity index (χ1v) is 14.9. The summed E-state index contributed by atoms with van der Waals surface area (Å²) in [6.07, 6.45) is 1.99. The molecule has 0 amide bonds. The molecule has 38 heavy (non-hydrogen) atoms. The summed E-state index contributed by atoms with van der Waals surface area (Å²) in [7, 11) is -3.99. The third-order valence-corrected chi connectivity index (χ3v) is 9.67. The highest BCUT2D eigenvalue weighted by Gasteiger charge is 2.25. The number of aromatic amines is 1. The third-order valence-electron chi connectivity index (χ3n) is 6.40. The third kappa shape index (κ3) is 5.31. The summed E-state index contributed by atoms with van der Waals surface area (Å²) in [5.74, 6) is 0.118. The van der Waals surface area contributed by atoms with Gasteiger partial charge in [0.2, 0.25) is 0 Å². The van der Waals surface area contributed by atoms with E-state index in [1.165, 1.54) is 58.7 Å². The predicted octanol–water partition coefficient (Wildman–Crippen LogP) is 6.14. The number of nitrogens with one attached hydrogen (secondary N) is 2. The van der Waals surface area contributed by atoms with Crippen molar-refractivity contribution in [2.75, 3.05) is 4.72 Å². The number of sulfonamides is 1. The van der Waals surface area contributed by atoms with Crippen molar-refractivity contribution in [1.82, 2.24) is 9.97 Å². The van der Waals surface area contributed by atoms with Gasteiger partial charge in [0.25, 0.3) is 15.6 Å². The van der Waals surface area contributed by atoms with Crippen LogP contribution in [0.2, 0.25) is 10.0 Å². The van der Waals surface area contributed by atoms with Gasteiger partial charge in [-0.1, -0.05) is 36.2 Å². The number of ether oxygens (including phenoxy) is 1.